The molecule has 0 saturated heterocycles. The number of fused-ring (bicyclic) bond motifs is 1. The zero-order valence-electron chi connectivity index (χ0n) is 10.8. The van der Waals surface area contributed by atoms with Crippen molar-refractivity contribution in [3.8, 4) is 11.8 Å². The minimum Gasteiger partial charge on any atom is -0.425 e. The molecule has 1 fully saturated rings. The van der Waals surface area contributed by atoms with Gasteiger partial charge >= 0.3 is 6.09 Å². The standard InChI is InChI=1S/C14H12ClNO2/c1-14(7-6-9-2-3-9)11-8-10(15)4-5-12(11)16-13(17)18-14/h4-5,8-9H,2-3H2,1H3,(H,16,17)/i9D. The first-order valence-corrected chi connectivity index (χ1v) is 6.12. The summed E-state index contributed by atoms with van der Waals surface area (Å²) in [6.07, 6.45) is 0.997. The molecule has 4 heteroatoms. The van der Waals surface area contributed by atoms with Crippen LogP contribution in [0, 0.1) is 17.7 Å². The van der Waals surface area contributed by atoms with Crippen LogP contribution >= 0.6 is 11.6 Å². The topological polar surface area (TPSA) is 38.3 Å². The third kappa shape index (κ3) is 2.04. The number of halogens is 1. The average molecular weight is 263 g/mol. The molecule has 1 N–H and O–H groups in total. The number of rotatable bonds is 0. The van der Waals surface area contributed by atoms with Crippen LogP contribution in [0.2, 0.25) is 5.02 Å². The molecule has 92 valence electrons. The first-order valence-electron chi connectivity index (χ1n) is 6.25. The molecule has 0 aromatic heterocycles. The van der Waals surface area contributed by atoms with Crippen molar-refractivity contribution in [2.75, 3.05) is 5.32 Å². The van der Waals surface area contributed by atoms with Crippen molar-refractivity contribution in [3.05, 3.63) is 28.8 Å². The molecule has 1 aliphatic heterocycles. The minimum atomic E-state index is -1.06. The van der Waals surface area contributed by atoms with E-state index in [9.17, 15) is 4.79 Å². The number of cyclic esters (lactones) is 1. The fourth-order valence-electron chi connectivity index (χ4n) is 1.88. The number of ether oxygens (including phenoxy) is 1. The number of benzene rings is 1. The van der Waals surface area contributed by atoms with Crippen LogP contribution in [0.25, 0.3) is 0 Å². The molecular weight excluding hydrogens is 250 g/mol. The summed E-state index contributed by atoms with van der Waals surface area (Å²) >= 11 is 5.99. The van der Waals surface area contributed by atoms with Gasteiger partial charge in [0.15, 0.2) is 5.60 Å². The zero-order chi connectivity index (χ0) is 13.7. The Morgan fingerprint density at radius 2 is 2.39 bits per heavy atom. The second-order valence-corrected chi connectivity index (χ2v) is 5.03. The molecule has 2 aliphatic rings. The maximum atomic E-state index is 11.6. The molecule has 1 unspecified atom stereocenters. The van der Waals surface area contributed by atoms with Crippen molar-refractivity contribution in [1.29, 1.82) is 0 Å². The van der Waals surface area contributed by atoms with Crippen LogP contribution in [0.15, 0.2) is 18.2 Å². The summed E-state index contributed by atoms with van der Waals surface area (Å²) in [5.74, 6) is 5.16. The van der Waals surface area contributed by atoms with Gasteiger partial charge in [-0.25, -0.2) is 4.79 Å². The normalized spacial score (nSPS) is 27.9. The largest absolute Gasteiger partial charge is 0.425 e. The first-order chi connectivity index (χ1) is 8.90. The Morgan fingerprint density at radius 1 is 1.61 bits per heavy atom. The average Bonchev–Trinajstić information content (AvgIpc) is 3.07. The Morgan fingerprint density at radius 3 is 3.11 bits per heavy atom. The van der Waals surface area contributed by atoms with Crippen molar-refractivity contribution in [2.45, 2.75) is 25.4 Å². The molecule has 3 rings (SSSR count). The van der Waals surface area contributed by atoms with Crippen LogP contribution in [0.4, 0.5) is 10.5 Å². The highest BCUT2D eigenvalue weighted by Crippen LogP contribution is 2.37. The van der Waals surface area contributed by atoms with Crippen molar-refractivity contribution in [3.63, 3.8) is 0 Å². The SMILES string of the molecule is [2H]C1(C#CC2(C)OC(=O)Nc3ccc(Cl)cc32)CC1. The number of carbonyl (C=O) groups is 1. The van der Waals surface area contributed by atoms with Crippen LogP contribution in [-0.2, 0) is 10.3 Å². The lowest BCUT2D eigenvalue weighted by molar-refractivity contribution is 0.0714. The highest BCUT2D eigenvalue weighted by molar-refractivity contribution is 6.30. The summed E-state index contributed by atoms with van der Waals surface area (Å²) in [6, 6.07) is 5.16. The summed E-state index contributed by atoms with van der Waals surface area (Å²) in [7, 11) is 0. The third-order valence-electron chi connectivity index (χ3n) is 3.01. The fourth-order valence-corrected chi connectivity index (χ4v) is 2.06. The van der Waals surface area contributed by atoms with Gasteiger partial charge in [0.25, 0.3) is 0 Å². The predicted octanol–water partition coefficient (Wildman–Crippen LogP) is 3.53. The Hall–Kier alpha value is -1.66. The van der Waals surface area contributed by atoms with Gasteiger partial charge in [-0.3, -0.25) is 5.32 Å². The number of hydrogen-bond donors (Lipinski definition) is 1. The van der Waals surface area contributed by atoms with Gasteiger partial charge in [0.05, 0.1) is 5.69 Å². The maximum absolute atomic E-state index is 11.6. The summed E-state index contributed by atoms with van der Waals surface area (Å²) in [4.78, 5) is 11.6. The van der Waals surface area contributed by atoms with Gasteiger partial charge in [-0.05, 0) is 38.0 Å². The van der Waals surface area contributed by atoms with Crippen molar-refractivity contribution in [1.82, 2.24) is 0 Å². The van der Waals surface area contributed by atoms with Gasteiger partial charge in [-0.2, -0.15) is 0 Å². The van der Waals surface area contributed by atoms with Crippen LogP contribution < -0.4 is 5.32 Å². The highest BCUT2D eigenvalue weighted by atomic mass is 35.5. The third-order valence-corrected chi connectivity index (χ3v) is 3.24. The van der Waals surface area contributed by atoms with Gasteiger partial charge in [0, 0.05) is 17.9 Å². The molecule has 1 aromatic carbocycles. The van der Waals surface area contributed by atoms with Crippen LogP contribution in [-0.4, -0.2) is 6.09 Å². The Labute approximate surface area is 112 Å². The van der Waals surface area contributed by atoms with E-state index in [0.717, 1.165) is 18.4 Å². The van der Waals surface area contributed by atoms with E-state index in [1.54, 1.807) is 25.1 Å². The number of nitrogens with one attached hydrogen (secondary N) is 1. The van der Waals surface area contributed by atoms with Crippen molar-refractivity contribution in [2.24, 2.45) is 5.89 Å². The lowest BCUT2D eigenvalue weighted by Crippen LogP contribution is -2.36. The number of hydrogen-bond acceptors (Lipinski definition) is 2. The second kappa shape index (κ2) is 3.93. The van der Waals surface area contributed by atoms with Crippen LogP contribution in [0.3, 0.4) is 0 Å². The van der Waals surface area contributed by atoms with E-state index in [1.165, 1.54) is 0 Å². The van der Waals surface area contributed by atoms with E-state index in [-0.39, 0.29) is 0 Å². The van der Waals surface area contributed by atoms with Gasteiger partial charge in [0.1, 0.15) is 0 Å². The maximum Gasteiger partial charge on any atom is 0.413 e. The minimum absolute atomic E-state index is 0.540. The number of anilines is 1. The molecule has 1 aromatic rings. The van der Waals surface area contributed by atoms with E-state index in [2.05, 4.69) is 17.2 Å². The molecule has 1 heterocycles. The molecule has 1 amide bonds. The monoisotopic (exact) mass is 262 g/mol. The molecule has 0 spiro atoms. The van der Waals surface area contributed by atoms with E-state index in [4.69, 9.17) is 17.7 Å². The Kier molecular flexibility index (Phi) is 2.24. The predicted molar refractivity (Wildman–Crippen MR) is 69.4 cm³/mol. The lowest BCUT2D eigenvalue weighted by atomic mass is 9.93. The van der Waals surface area contributed by atoms with Gasteiger partial charge in [-0.1, -0.05) is 23.4 Å². The molecule has 1 atom stereocenters. The van der Waals surface area contributed by atoms with Crippen LogP contribution in [0.1, 0.15) is 26.7 Å². The first kappa shape index (κ1) is 10.3. The Balaban J connectivity index is 2.07. The molecule has 0 bridgehead atoms. The lowest BCUT2D eigenvalue weighted by Gasteiger charge is -2.31. The zero-order valence-corrected chi connectivity index (χ0v) is 10.6. The van der Waals surface area contributed by atoms with Gasteiger partial charge < -0.3 is 4.74 Å². The summed E-state index contributed by atoms with van der Waals surface area (Å²) in [5, 5.41) is 3.17. The number of carbonyl (C=O) groups excluding carboxylic acids is 1. The molecular formula is C14H12ClNO2. The molecule has 18 heavy (non-hydrogen) atoms. The number of amides is 1. The summed E-state index contributed by atoms with van der Waals surface area (Å²) < 4.78 is 13.2. The van der Waals surface area contributed by atoms with E-state index in [1.807, 2.05) is 0 Å². The van der Waals surface area contributed by atoms with Gasteiger partial charge in [0.2, 0.25) is 0 Å². The van der Waals surface area contributed by atoms with E-state index < -0.39 is 17.6 Å². The van der Waals surface area contributed by atoms with Crippen molar-refractivity contribution < 1.29 is 10.9 Å². The summed E-state index contributed by atoms with van der Waals surface area (Å²) in [6.45, 7) is 1.72. The fraction of sp³-hybridized carbons (Fsp3) is 0.357. The van der Waals surface area contributed by atoms with Crippen molar-refractivity contribution >= 4 is 23.4 Å². The smallest absolute Gasteiger partial charge is 0.413 e. The molecule has 1 aliphatic carbocycles. The molecule has 3 nitrogen and oxygen atoms in total. The van der Waals surface area contributed by atoms with Gasteiger partial charge in [-0.15, -0.1) is 0 Å². The van der Waals surface area contributed by atoms with E-state index >= 15 is 0 Å². The van der Waals surface area contributed by atoms with E-state index in [0.29, 0.717) is 10.7 Å². The molecule has 1 saturated carbocycles. The Bertz CT molecular complexity index is 630. The molecule has 0 radical (unpaired) electrons. The van der Waals surface area contributed by atoms with Crippen LogP contribution in [0.5, 0.6) is 0 Å². The second-order valence-electron chi connectivity index (χ2n) is 4.59. The summed E-state index contributed by atoms with van der Waals surface area (Å²) in [5.41, 5.74) is 0.308. The highest BCUT2D eigenvalue weighted by Gasteiger charge is 2.37. The quantitative estimate of drug-likeness (QED) is 0.727.